The topological polar surface area (TPSA) is 44.8 Å². The van der Waals surface area contributed by atoms with Crippen molar-refractivity contribution >= 4 is 29.5 Å². The number of aldehydes is 1. The van der Waals surface area contributed by atoms with Gasteiger partial charge in [0.15, 0.2) is 17.6 Å². The van der Waals surface area contributed by atoms with E-state index < -0.39 is 0 Å². The van der Waals surface area contributed by atoms with Crippen molar-refractivity contribution < 1.29 is 19.0 Å². The fourth-order valence-electron chi connectivity index (χ4n) is 2.90. The van der Waals surface area contributed by atoms with Crippen LogP contribution in [0.3, 0.4) is 0 Å². The van der Waals surface area contributed by atoms with E-state index in [4.69, 9.17) is 37.4 Å². The third-order valence-electron chi connectivity index (χ3n) is 4.40. The Kier molecular flexibility index (Phi) is 5.42. The molecule has 4 rings (SSSR count). The van der Waals surface area contributed by atoms with Crippen LogP contribution in [-0.2, 0) is 6.61 Å². The lowest BCUT2D eigenvalue weighted by Crippen LogP contribution is -2.21. The van der Waals surface area contributed by atoms with Gasteiger partial charge in [0.25, 0.3) is 0 Å². The summed E-state index contributed by atoms with van der Waals surface area (Å²) in [5.74, 6) is 1.95. The number of hydrogen-bond donors (Lipinski definition) is 0. The standard InChI is InChI=1S/C22H16Cl2O4/c23-18-7-1-15(9-19(18)24)12-26-17-5-3-16(4-6-17)22-13-27-21-10-14(11-25)2-8-20(21)28-22/h1-11,22H,12-13H2/t22-/m0/s1. The van der Waals surface area contributed by atoms with E-state index in [0.29, 0.717) is 40.3 Å². The van der Waals surface area contributed by atoms with Crippen LogP contribution in [0.1, 0.15) is 27.6 Å². The molecule has 1 aliphatic heterocycles. The third kappa shape index (κ3) is 4.08. The van der Waals surface area contributed by atoms with Gasteiger partial charge in [-0.3, -0.25) is 4.79 Å². The molecule has 0 aliphatic carbocycles. The molecule has 1 heterocycles. The van der Waals surface area contributed by atoms with Crippen LogP contribution in [0.25, 0.3) is 0 Å². The predicted molar refractivity (Wildman–Crippen MR) is 108 cm³/mol. The van der Waals surface area contributed by atoms with Crippen LogP contribution in [0, 0.1) is 0 Å². The highest BCUT2D eigenvalue weighted by atomic mass is 35.5. The first-order valence-electron chi connectivity index (χ1n) is 8.68. The average Bonchev–Trinajstić information content (AvgIpc) is 2.74. The van der Waals surface area contributed by atoms with Gasteiger partial charge in [-0.15, -0.1) is 0 Å². The van der Waals surface area contributed by atoms with Crippen molar-refractivity contribution in [1.82, 2.24) is 0 Å². The molecule has 0 spiro atoms. The average molecular weight is 415 g/mol. The Morgan fingerprint density at radius 2 is 1.79 bits per heavy atom. The lowest BCUT2D eigenvalue weighted by atomic mass is 10.1. The highest BCUT2D eigenvalue weighted by molar-refractivity contribution is 6.42. The van der Waals surface area contributed by atoms with Gasteiger partial charge in [0.2, 0.25) is 0 Å². The van der Waals surface area contributed by atoms with Crippen LogP contribution in [0.2, 0.25) is 10.0 Å². The van der Waals surface area contributed by atoms with Gasteiger partial charge in [0, 0.05) is 5.56 Å². The molecule has 6 heteroatoms. The van der Waals surface area contributed by atoms with Crippen LogP contribution in [0.4, 0.5) is 0 Å². The molecule has 0 bridgehead atoms. The van der Waals surface area contributed by atoms with Crippen LogP contribution < -0.4 is 14.2 Å². The van der Waals surface area contributed by atoms with Gasteiger partial charge in [-0.2, -0.15) is 0 Å². The summed E-state index contributed by atoms with van der Waals surface area (Å²) in [5.41, 5.74) is 2.48. The van der Waals surface area contributed by atoms with E-state index in [0.717, 1.165) is 23.2 Å². The van der Waals surface area contributed by atoms with Crippen molar-refractivity contribution in [2.75, 3.05) is 6.61 Å². The summed E-state index contributed by atoms with van der Waals surface area (Å²) in [5, 5.41) is 1.03. The molecule has 3 aromatic rings. The number of carbonyl (C=O) groups excluding carboxylic acids is 1. The van der Waals surface area contributed by atoms with Crippen molar-refractivity contribution in [2.24, 2.45) is 0 Å². The van der Waals surface area contributed by atoms with E-state index in [1.54, 1.807) is 30.3 Å². The summed E-state index contributed by atoms with van der Waals surface area (Å²) in [6.07, 6.45) is 0.561. The van der Waals surface area contributed by atoms with Gasteiger partial charge in [0.1, 0.15) is 25.2 Å². The number of hydrogen-bond acceptors (Lipinski definition) is 4. The number of rotatable bonds is 5. The zero-order chi connectivity index (χ0) is 19.5. The molecule has 0 aromatic heterocycles. The second kappa shape index (κ2) is 8.13. The van der Waals surface area contributed by atoms with Crippen LogP contribution in [0.15, 0.2) is 60.7 Å². The molecule has 0 fully saturated rings. The number of fused-ring (bicyclic) bond motifs is 1. The molecule has 0 N–H and O–H groups in total. The Bertz CT molecular complexity index is 1000. The highest BCUT2D eigenvalue weighted by Gasteiger charge is 2.22. The summed E-state index contributed by atoms with van der Waals surface area (Å²) in [4.78, 5) is 10.9. The molecule has 28 heavy (non-hydrogen) atoms. The minimum absolute atomic E-state index is 0.223. The van der Waals surface area contributed by atoms with Gasteiger partial charge in [-0.05, 0) is 53.6 Å². The van der Waals surface area contributed by atoms with Crippen LogP contribution >= 0.6 is 23.2 Å². The summed E-state index contributed by atoms with van der Waals surface area (Å²) in [6, 6.07) is 18.2. The van der Waals surface area contributed by atoms with Gasteiger partial charge in [-0.25, -0.2) is 0 Å². The molecule has 142 valence electrons. The van der Waals surface area contributed by atoms with Gasteiger partial charge in [0.05, 0.1) is 10.0 Å². The maximum absolute atomic E-state index is 10.9. The minimum Gasteiger partial charge on any atom is -0.489 e. The van der Waals surface area contributed by atoms with Crippen LogP contribution in [-0.4, -0.2) is 12.9 Å². The van der Waals surface area contributed by atoms with Crippen molar-refractivity contribution in [3.8, 4) is 17.2 Å². The Balaban J connectivity index is 1.40. The molecule has 3 aromatic carbocycles. The Morgan fingerprint density at radius 3 is 2.54 bits per heavy atom. The number of benzene rings is 3. The first-order valence-corrected chi connectivity index (χ1v) is 9.43. The normalized spacial score (nSPS) is 15.1. The monoisotopic (exact) mass is 414 g/mol. The summed E-state index contributed by atoms with van der Waals surface area (Å²) >= 11 is 12.0. The number of halogens is 2. The largest absolute Gasteiger partial charge is 0.489 e. The molecule has 0 saturated heterocycles. The van der Waals surface area contributed by atoms with Crippen molar-refractivity contribution in [3.05, 3.63) is 87.4 Å². The number of ether oxygens (including phenoxy) is 3. The molecule has 1 aliphatic rings. The van der Waals surface area contributed by atoms with E-state index in [9.17, 15) is 4.79 Å². The predicted octanol–water partition coefficient (Wildman–Crippen LogP) is 5.90. The second-order valence-corrected chi connectivity index (χ2v) is 7.16. The first kappa shape index (κ1) is 18.7. The first-order chi connectivity index (χ1) is 13.6. The molecule has 0 radical (unpaired) electrons. The number of carbonyl (C=O) groups is 1. The quantitative estimate of drug-likeness (QED) is 0.487. The Hall–Kier alpha value is -2.69. The minimum atomic E-state index is -0.223. The molecule has 0 amide bonds. The summed E-state index contributed by atoms with van der Waals surface area (Å²) < 4.78 is 17.6. The fraction of sp³-hybridized carbons (Fsp3) is 0.136. The Morgan fingerprint density at radius 1 is 0.964 bits per heavy atom. The highest BCUT2D eigenvalue weighted by Crippen LogP contribution is 2.37. The van der Waals surface area contributed by atoms with E-state index in [1.165, 1.54) is 0 Å². The SMILES string of the molecule is O=Cc1ccc2c(c1)OC[C@@H](c1ccc(OCc3ccc(Cl)c(Cl)c3)cc1)O2. The summed E-state index contributed by atoms with van der Waals surface area (Å²) in [6.45, 7) is 0.768. The van der Waals surface area contributed by atoms with Crippen molar-refractivity contribution in [1.29, 1.82) is 0 Å². The smallest absolute Gasteiger partial charge is 0.162 e. The van der Waals surface area contributed by atoms with E-state index in [2.05, 4.69) is 0 Å². The van der Waals surface area contributed by atoms with Gasteiger partial charge in [-0.1, -0.05) is 41.4 Å². The van der Waals surface area contributed by atoms with E-state index in [-0.39, 0.29) is 6.10 Å². The van der Waals surface area contributed by atoms with Gasteiger partial charge >= 0.3 is 0 Å². The summed E-state index contributed by atoms with van der Waals surface area (Å²) in [7, 11) is 0. The zero-order valence-electron chi connectivity index (χ0n) is 14.7. The molecule has 0 unspecified atom stereocenters. The fourth-order valence-corrected chi connectivity index (χ4v) is 3.22. The molecule has 0 saturated carbocycles. The zero-order valence-corrected chi connectivity index (χ0v) is 16.2. The second-order valence-electron chi connectivity index (χ2n) is 6.35. The third-order valence-corrected chi connectivity index (χ3v) is 5.14. The molecular weight excluding hydrogens is 399 g/mol. The lowest BCUT2D eigenvalue weighted by molar-refractivity contribution is 0.0909. The van der Waals surface area contributed by atoms with Gasteiger partial charge < -0.3 is 14.2 Å². The lowest BCUT2D eigenvalue weighted by Gasteiger charge is -2.27. The Labute approximate surface area is 172 Å². The molecular formula is C22H16Cl2O4. The van der Waals surface area contributed by atoms with Crippen molar-refractivity contribution in [3.63, 3.8) is 0 Å². The van der Waals surface area contributed by atoms with Crippen LogP contribution in [0.5, 0.6) is 17.2 Å². The maximum atomic E-state index is 10.9. The van der Waals surface area contributed by atoms with Crippen molar-refractivity contribution in [2.45, 2.75) is 12.7 Å². The molecule has 4 nitrogen and oxygen atoms in total. The van der Waals surface area contributed by atoms with E-state index in [1.807, 2.05) is 30.3 Å². The maximum Gasteiger partial charge on any atom is 0.162 e. The van der Waals surface area contributed by atoms with E-state index >= 15 is 0 Å². The molecule has 1 atom stereocenters.